The number of carbonyl (C=O) groups is 2. The van der Waals surface area contributed by atoms with Crippen molar-refractivity contribution < 1.29 is 9.59 Å². The topological polar surface area (TPSA) is 54.7 Å². The molecule has 0 unspecified atom stereocenters. The number of allylic oxidation sites excluding steroid dienone is 2. The van der Waals surface area contributed by atoms with E-state index in [1.54, 1.807) is 6.21 Å². The first kappa shape index (κ1) is 19.0. The molecule has 5 nitrogen and oxygen atoms in total. The van der Waals surface area contributed by atoms with Gasteiger partial charge in [-0.3, -0.25) is 9.59 Å². The van der Waals surface area contributed by atoms with Crippen molar-refractivity contribution in [2.45, 2.75) is 13.0 Å². The maximum absolute atomic E-state index is 12.9. The molecule has 2 aromatic carbocycles. The van der Waals surface area contributed by atoms with Gasteiger partial charge >= 0.3 is 0 Å². The van der Waals surface area contributed by atoms with Crippen LogP contribution >= 0.6 is 22.6 Å². The molecule has 4 atom stereocenters. The van der Waals surface area contributed by atoms with Crippen LogP contribution in [0.25, 0.3) is 10.9 Å². The zero-order valence-electron chi connectivity index (χ0n) is 16.7. The second-order valence-electron chi connectivity index (χ2n) is 8.59. The lowest BCUT2D eigenvalue weighted by Crippen LogP contribution is -2.28. The predicted molar refractivity (Wildman–Crippen MR) is 127 cm³/mol. The summed E-state index contributed by atoms with van der Waals surface area (Å²) in [7, 11) is 0. The van der Waals surface area contributed by atoms with Crippen LogP contribution in [0.3, 0.4) is 0 Å². The Morgan fingerprint density at radius 1 is 0.968 bits per heavy atom. The van der Waals surface area contributed by atoms with E-state index < -0.39 is 0 Å². The Morgan fingerprint density at radius 2 is 1.65 bits per heavy atom. The third-order valence-corrected chi connectivity index (χ3v) is 7.56. The highest BCUT2D eigenvalue weighted by Gasteiger charge is 2.59. The number of carbonyl (C=O) groups excluding carboxylic acids is 2. The fraction of sp³-hybridized carbons (Fsp3) is 0.240. The minimum absolute atomic E-state index is 0.147. The second-order valence-corrected chi connectivity index (χ2v) is 9.83. The van der Waals surface area contributed by atoms with E-state index in [9.17, 15) is 9.59 Å². The zero-order chi connectivity index (χ0) is 21.1. The monoisotopic (exact) mass is 521 g/mol. The number of aromatic nitrogens is 1. The van der Waals surface area contributed by atoms with E-state index in [1.807, 2.05) is 24.4 Å². The van der Waals surface area contributed by atoms with Gasteiger partial charge in [0.1, 0.15) is 0 Å². The van der Waals surface area contributed by atoms with Gasteiger partial charge in [-0.2, -0.15) is 10.1 Å². The number of benzene rings is 2. The Labute approximate surface area is 193 Å². The Kier molecular flexibility index (Phi) is 4.38. The van der Waals surface area contributed by atoms with Crippen LogP contribution in [0.1, 0.15) is 17.5 Å². The van der Waals surface area contributed by atoms with E-state index in [4.69, 9.17) is 0 Å². The summed E-state index contributed by atoms with van der Waals surface area (Å²) < 4.78 is 3.39. The van der Waals surface area contributed by atoms with Gasteiger partial charge in [0.15, 0.2) is 0 Å². The molecule has 3 aliphatic rings. The average Bonchev–Trinajstić information content (AvgIpc) is 3.53. The quantitative estimate of drug-likeness (QED) is 0.221. The van der Waals surface area contributed by atoms with Crippen molar-refractivity contribution in [2.24, 2.45) is 28.8 Å². The fourth-order valence-electron chi connectivity index (χ4n) is 5.42. The largest absolute Gasteiger partial charge is 0.342 e. The van der Waals surface area contributed by atoms with Gasteiger partial charge in [-0.15, -0.1) is 0 Å². The van der Waals surface area contributed by atoms with Crippen LogP contribution in [0.5, 0.6) is 0 Å². The SMILES string of the molecule is O=C1[C@@H]2[C@@H](C(=O)N1/N=C\c1cn(Cc3ccc(I)cc3)c3ccccc13)[C@H]1C=C[C@H]2C1. The van der Waals surface area contributed by atoms with E-state index in [0.717, 1.165) is 34.4 Å². The molecule has 1 aromatic heterocycles. The van der Waals surface area contributed by atoms with Crippen LogP contribution < -0.4 is 0 Å². The first-order valence-electron chi connectivity index (χ1n) is 10.5. The van der Waals surface area contributed by atoms with Crippen LogP contribution in [-0.4, -0.2) is 27.6 Å². The Morgan fingerprint density at radius 3 is 2.35 bits per heavy atom. The molecule has 1 aliphatic heterocycles. The summed E-state index contributed by atoms with van der Waals surface area (Å²) in [6.45, 7) is 0.742. The summed E-state index contributed by atoms with van der Waals surface area (Å²) in [5, 5.41) is 6.56. The maximum Gasteiger partial charge on any atom is 0.254 e. The van der Waals surface area contributed by atoms with Gasteiger partial charge < -0.3 is 4.57 Å². The van der Waals surface area contributed by atoms with E-state index in [-0.39, 0.29) is 35.5 Å². The molecule has 3 aromatic rings. The number of amides is 2. The molecule has 2 bridgehead atoms. The van der Waals surface area contributed by atoms with Crippen molar-refractivity contribution in [2.75, 3.05) is 0 Å². The molecular formula is C25H20IN3O2. The first-order valence-corrected chi connectivity index (χ1v) is 11.6. The number of halogens is 1. The molecule has 1 saturated carbocycles. The van der Waals surface area contributed by atoms with Crippen LogP contribution in [-0.2, 0) is 16.1 Å². The van der Waals surface area contributed by atoms with E-state index in [1.165, 1.54) is 9.13 Å². The highest BCUT2D eigenvalue weighted by atomic mass is 127. The smallest absolute Gasteiger partial charge is 0.254 e. The standard InChI is InChI=1S/C25H20IN3O2/c26-19-9-5-15(6-10-19)13-28-14-18(20-3-1-2-4-21(20)28)12-27-29-24(30)22-16-7-8-17(11-16)23(22)25(29)31/h1-10,12,14,16-17,22-23H,11,13H2/b27-12-/t16-,17-,22-,23-/m0/s1. The molecule has 0 N–H and O–H groups in total. The number of hydrogen-bond acceptors (Lipinski definition) is 3. The summed E-state index contributed by atoms with van der Waals surface area (Å²) in [5.41, 5.74) is 3.21. The zero-order valence-corrected chi connectivity index (χ0v) is 18.8. The van der Waals surface area contributed by atoms with Gasteiger partial charge in [0, 0.05) is 32.8 Å². The Bertz CT molecular complexity index is 1240. The number of hydrogen-bond donors (Lipinski definition) is 0. The molecule has 1 saturated heterocycles. The van der Waals surface area contributed by atoms with Gasteiger partial charge in [0.05, 0.1) is 18.1 Å². The molecule has 2 heterocycles. The summed E-state index contributed by atoms with van der Waals surface area (Å²) in [5.74, 6) is -0.342. The molecule has 0 spiro atoms. The van der Waals surface area contributed by atoms with Gasteiger partial charge in [-0.05, 0) is 64.6 Å². The maximum atomic E-state index is 12.9. The van der Waals surface area contributed by atoms with Gasteiger partial charge in [0.25, 0.3) is 11.8 Å². The molecule has 2 fully saturated rings. The molecule has 2 aliphatic carbocycles. The predicted octanol–water partition coefficient (Wildman–Crippen LogP) is 4.44. The Hall–Kier alpha value is -2.74. The van der Waals surface area contributed by atoms with Crippen LogP contribution in [0.2, 0.25) is 0 Å². The van der Waals surface area contributed by atoms with E-state index in [0.29, 0.717) is 0 Å². The van der Waals surface area contributed by atoms with Crippen molar-refractivity contribution in [3.05, 3.63) is 81.6 Å². The lowest BCUT2D eigenvalue weighted by atomic mass is 9.85. The number of para-hydroxylation sites is 1. The van der Waals surface area contributed by atoms with Crippen LogP contribution in [0.15, 0.2) is 72.0 Å². The number of hydrazone groups is 1. The third-order valence-electron chi connectivity index (χ3n) is 6.84. The molecule has 6 heteroatoms. The molecular weight excluding hydrogens is 501 g/mol. The molecule has 154 valence electrons. The van der Waals surface area contributed by atoms with Gasteiger partial charge in [0.2, 0.25) is 0 Å². The second kappa shape index (κ2) is 7.15. The highest BCUT2D eigenvalue weighted by Crippen LogP contribution is 2.52. The van der Waals surface area contributed by atoms with Crippen molar-refractivity contribution in [3.63, 3.8) is 0 Å². The third kappa shape index (κ3) is 2.99. The Balaban J connectivity index is 1.31. The normalized spacial score (nSPS) is 26.7. The van der Waals surface area contributed by atoms with Crippen molar-refractivity contribution in [1.82, 2.24) is 9.58 Å². The minimum atomic E-state index is -0.220. The molecule has 2 amide bonds. The van der Waals surface area contributed by atoms with Crippen molar-refractivity contribution in [3.8, 4) is 0 Å². The van der Waals surface area contributed by atoms with Crippen LogP contribution in [0, 0.1) is 27.2 Å². The van der Waals surface area contributed by atoms with Gasteiger partial charge in [-0.1, -0.05) is 42.5 Å². The highest BCUT2D eigenvalue weighted by molar-refractivity contribution is 14.1. The summed E-state index contributed by atoms with van der Waals surface area (Å²) >= 11 is 2.31. The van der Waals surface area contributed by atoms with Gasteiger partial charge in [-0.25, -0.2) is 0 Å². The lowest BCUT2D eigenvalue weighted by molar-refractivity contribution is -0.140. The first-order chi connectivity index (χ1) is 15.1. The fourth-order valence-corrected chi connectivity index (χ4v) is 5.78. The average molecular weight is 521 g/mol. The molecule has 6 rings (SSSR count). The molecule has 0 radical (unpaired) electrons. The summed E-state index contributed by atoms with van der Waals surface area (Å²) in [6.07, 6.45) is 8.84. The lowest BCUT2D eigenvalue weighted by Gasteiger charge is -2.13. The summed E-state index contributed by atoms with van der Waals surface area (Å²) in [4.78, 5) is 25.8. The number of fused-ring (bicyclic) bond motifs is 6. The van der Waals surface area contributed by atoms with Crippen LogP contribution in [0.4, 0.5) is 0 Å². The van der Waals surface area contributed by atoms with E-state index in [2.05, 4.69) is 74.7 Å². The van der Waals surface area contributed by atoms with E-state index >= 15 is 0 Å². The number of rotatable bonds is 4. The van der Waals surface area contributed by atoms with Crippen molar-refractivity contribution >= 4 is 51.5 Å². The molecule has 31 heavy (non-hydrogen) atoms. The minimum Gasteiger partial charge on any atom is -0.342 e. The summed E-state index contributed by atoms with van der Waals surface area (Å²) in [6, 6.07) is 16.6. The van der Waals surface area contributed by atoms with Crippen molar-refractivity contribution in [1.29, 1.82) is 0 Å². The number of imide groups is 1. The number of nitrogens with zero attached hydrogens (tertiary/aromatic N) is 3.